The van der Waals surface area contributed by atoms with Crippen LogP contribution in [0.25, 0.3) is 0 Å². The van der Waals surface area contributed by atoms with Crippen LogP contribution >= 0.6 is 0 Å². The number of aromatic carboxylic acids is 1. The van der Waals surface area contributed by atoms with E-state index in [0.29, 0.717) is 12.1 Å². The first kappa shape index (κ1) is 11.1. The quantitative estimate of drug-likeness (QED) is 0.817. The highest BCUT2D eigenvalue weighted by Crippen LogP contribution is 2.49. The maximum atomic E-state index is 11.0. The fourth-order valence-corrected chi connectivity index (χ4v) is 2.27. The van der Waals surface area contributed by atoms with Crippen molar-refractivity contribution in [3.8, 4) is 0 Å². The molecular weight excluding hydrogens is 202 g/mol. The average Bonchev–Trinajstić information content (AvgIpc) is 3.02. The van der Waals surface area contributed by atoms with Gasteiger partial charge in [-0.05, 0) is 55.5 Å². The highest BCUT2D eigenvalue weighted by atomic mass is 16.4. The SMILES string of the molecule is Cc1cc(C(=O)O)cc(C2(CN)CC2)c1C. The van der Waals surface area contributed by atoms with Crippen molar-refractivity contribution in [2.75, 3.05) is 6.54 Å². The summed E-state index contributed by atoms with van der Waals surface area (Å²) in [6, 6.07) is 3.53. The maximum absolute atomic E-state index is 11.0. The van der Waals surface area contributed by atoms with E-state index in [4.69, 9.17) is 10.8 Å². The predicted molar refractivity (Wildman–Crippen MR) is 62.8 cm³/mol. The Morgan fingerprint density at radius 3 is 2.50 bits per heavy atom. The van der Waals surface area contributed by atoms with Crippen LogP contribution in [0.2, 0.25) is 0 Å². The minimum Gasteiger partial charge on any atom is -0.478 e. The zero-order chi connectivity index (χ0) is 11.9. The zero-order valence-corrected chi connectivity index (χ0v) is 9.71. The summed E-state index contributed by atoms with van der Waals surface area (Å²) in [5, 5.41) is 9.05. The van der Waals surface area contributed by atoms with Gasteiger partial charge in [-0.3, -0.25) is 0 Å². The van der Waals surface area contributed by atoms with Gasteiger partial charge in [0.2, 0.25) is 0 Å². The van der Waals surface area contributed by atoms with Gasteiger partial charge in [0.15, 0.2) is 0 Å². The summed E-state index contributed by atoms with van der Waals surface area (Å²) in [6.07, 6.45) is 2.15. The van der Waals surface area contributed by atoms with Gasteiger partial charge in [0, 0.05) is 12.0 Å². The van der Waals surface area contributed by atoms with E-state index in [2.05, 4.69) is 0 Å². The molecule has 0 aliphatic heterocycles. The summed E-state index contributed by atoms with van der Waals surface area (Å²) in [5.41, 5.74) is 9.58. The molecule has 0 saturated heterocycles. The van der Waals surface area contributed by atoms with Crippen molar-refractivity contribution >= 4 is 5.97 Å². The van der Waals surface area contributed by atoms with Crippen LogP contribution in [-0.2, 0) is 5.41 Å². The number of carboxylic acids is 1. The molecule has 0 spiro atoms. The molecule has 0 aromatic heterocycles. The molecule has 86 valence electrons. The third kappa shape index (κ3) is 1.61. The van der Waals surface area contributed by atoms with Crippen LogP contribution in [0, 0.1) is 13.8 Å². The summed E-state index contributed by atoms with van der Waals surface area (Å²) in [5.74, 6) is -0.864. The minimum atomic E-state index is -0.864. The molecule has 3 nitrogen and oxygen atoms in total. The molecule has 3 N–H and O–H groups in total. The van der Waals surface area contributed by atoms with Crippen LogP contribution in [0.3, 0.4) is 0 Å². The number of benzene rings is 1. The molecule has 0 atom stereocenters. The van der Waals surface area contributed by atoms with Gasteiger partial charge in [-0.1, -0.05) is 0 Å². The van der Waals surface area contributed by atoms with Gasteiger partial charge in [0.1, 0.15) is 0 Å². The Balaban J connectivity index is 2.56. The Morgan fingerprint density at radius 2 is 2.06 bits per heavy atom. The number of hydrogen-bond donors (Lipinski definition) is 2. The van der Waals surface area contributed by atoms with Gasteiger partial charge >= 0.3 is 5.97 Å². The van der Waals surface area contributed by atoms with E-state index < -0.39 is 5.97 Å². The first-order valence-corrected chi connectivity index (χ1v) is 5.55. The van der Waals surface area contributed by atoms with Crippen LogP contribution in [0.5, 0.6) is 0 Å². The zero-order valence-electron chi connectivity index (χ0n) is 9.71. The summed E-state index contributed by atoms with van der Waals surface area (Å²) >= 11 is 0. The largest absolute Gasteiger partial charge is 0.478 e. The van der Waals surface area contributed by atoms with Crippen molar-refractivity contribution in [3.05, 3.63) is 34.4 Å². The standard InChI is InChI=1S/C13H17NO2/c1-8-5-10(12(15)16)6-11(9(8)2)13(7-14)3-4-13/h5-6H,3-4,7,14H2,1-2H3,(H,15,16). The van der Waals surface area contributed by atoms with E-state index in [-0.39, 0.29) is 5.41 Å². The van der Waals surface area contributed by atoms with Crippen LogP contribution < -0.4 is 5.73 Å². The lowest BCUT2D eigenvalue weighted by molar-refractivity contribution is 0.0696. The van der Waals surface area contributed by atoms with Gasteiger partial charge in [-0.15, -0.1) is 0 Å². The molecule has 0 radical (unpaired) electrons. The molecule has 3 heteroatoms. The summed E-state index contributed by atoms with van der Waals surface area (Å²) in [7, 11) is 0. The molecule has 2 rings (SSSR count). The lowest BCUT2D eigenvalue weighted by atomic mass is 9.88. The molecule has 1 aromatic carbocycles. The second kappa shape index (κ2) is 3.59. The summed E-state index contributed by atoms with van der Waals surface area (Å²) in [6.45, 7) is 4.61. The van der Waals surface area contributed by atoms with Crippen LogP contribution in [0.15, 0.2) is 12.1 Å². The molecule has 16 heavy (non-hydrogen) atoms. The molecule has 1 aliphatic rings. The second-order valence-electron chi connectivity index (χ2n) is 4.76. The van der Waals surface area contributed by atoms with Crippen molar-refractivity contribution in [1.29, 1.82) is 0 Å². The lowest BCUT2D eigenvalue weighted by Crippen LogP contribution is -2.21. The maximum Gasteiger partial charge on any atom is 0.335 e. The van der Waals surface area contributed by atoms with E-state index in [0.717, 1.165) is 24.0 Å². The second-order valence-corrected chi connectivity index (χ2v) is 4.76. The molecule has 0 heterocycles. The lowest BCUT2D eigenvalue weighted by Gasteiger charge is -2.18. The van der Waals surface area contributed by atoms with Crippen molar-refractivity contribution in [1.82, 2.24) is 0 Å². The van der Waals surface area contributed by atoms with Gasteiger partial charge in [-0.2, -0.15) is 0 Å². The highest BCUT2D eigenvalue weighted by Gasteiger charge is 2.44. The van der Waals surface area contributed by atoms with Crippen molar-refractivity contribution in [3.63, 3.8) is 0 Å². The topological polar surface area (TPSA) is 63.3 Å². The van der Waals surface area contributed by atoms with E-state index in [1.54, 1.807) is 12.1 Å². The van der Waals surface area contributed by atoms with Gasteiger partial charge in [-0.25, -0.2) is 4.79 Å². The third-order valence-electron chi connectivity index (χ3n) is 3.73. The molecule has 1 saturated carbocycles. The number of hydrogen-bond acceptors (Lipinski definition) is 2. The van der Waals surface area contributed by atoms with Gasteiger partial charge in [0.25, 0.3) is 0 Å². The fourth-order valence-electron chi connectivity index (χ4n) is 2.27. The summed E-state index contributed by atoms with van der Waals surface area (Å²) < 4.78 is 0. The molecule has 0 amide bonds. The number of carboxylic acid groups (broad SMARTS) is 1. The monoisotopic (exact) mass is 219 g/mol. The number of nitrogens with two attached hydrogens (primary N) is 1. The summed E-state index contributed by atoms with van der Waals surface area (Å²) in [4.78, 5) is 11.0. The molecular formula is C13H17NO2. The Bertz CT molecular complexity index is 447. The van der Waals surface area contributed by atoms with E-state index >= 15 is 0 Å². The Kier molecular flexibility index (Phi) is 2.50. The first-order valence-electron chi connectivity index (χ1n) is 5.55. The molecule has 0 unspecified atom stereocenters. The average molecular weight is 219 g/mol. The van der Waals surface area contributed by atoms with Crippen molar-refractivity contribution in [2.45, 2.75) is 32.1 Å². The van der Waals surface area contributed by atoms with Crippen molar-refractivity contribution in [2.24, 2.45) is 5.73 Å². The fraction of sp³-hybridized carbons (Fsp3) is 0.462. The highest BCUT2D eigenvalue weighted by molar-refractivity contribution is 5.88. The van der Waals surface area contributed by atoms with Crippen LogP contribution in [0.1, 0.15) is 39.9 Å². The van der Waals surface area contributed by atoms with Crippen molar-refractivity contribution < 1.29 is 9.90 Å². The van der Waals surface area contributed by atoms with Gasteiger partial charge < -0.3 is 10.8 Å². The predicted octanol–water partition coefficient (Wildman–Crippen LogP) is 1.99. The van der Waals surface area contributed by atoms with E-state index in [1.165, 1.54) is 5.56 Å². The molecule has 1 aromatic rings. The molecule has 1 fully saturated rings. The van der Waals surface area contributed by atoms with E-state index in [9.17, 15) is 4.79 Å². The molecule has 0 bridgehead atoms. The Labute approximate surface area is 95.3 Å². The van der Waals surface area contributed by atoms with Gasteiger partial charge in [0.05, 0.1) is 5.56 Å². The number of aryl methyl sites for hydroxylation is 1. The number of carbonyl (C=O) groups is 1. The minimum absolute atomic E-state index is 0.0559. The van der Waals surface area contributed by atoms with Crippen LogP contribution in [0.4, 0.5) is 0 Å². The van der Waals surface area contributed by atoms with Crippen LogP contribution in [-0.4, -0.2) is 17.6 Å². The Morgan fingerprint density at radius 1 is 1.44 bits per heavy atom. The van der Waals surface area contributed by atoms with E-state index in [1.807, 2.05) is 13.8 Å². The molecule has 1 aliphatic carbocycles. The smallest absolute Gasteiger partial charge is 0.335 e. The third-order valence-corrected chi connectivity index (χ3v) is 3.73. The normalized spacial score (nSPS) is 17.2. The first-order chi connectivity index (χ1) is 7.50. The number of rotatable bonds is 3. The Hall–Kier alpha value is -1.35.